The molecule has 0 aliphatic rings. The summed E-state index contributed by atoms with van der Waals surface area (Å²) < 4.78 is 5.15. The molecule has 0 aliphatic heterocycles. The number of hydrogen-bond donors (Lipinski definition) is 1. The highest BCUT2D eigenvalue weighted by atomic mass is 79.9. The van der Waals surface area contributed by atoms with Gasteiger partial charge in [0.05, 0.1) is 0 Å². The summed E-state index contributed by atoms with van der Waals surface area (Å²) in [5.74, 6) is 0. The first-order valence-corrected chi connectivity index (χ1v) is 8.10. The second-order valence-electron chi connectivity index (χ2n) is 3.98. The lowest BCUT2D eigenvalue weighted by Gasteiger charge is -2.14. The molecule has 98 valence electrons. The molecule has 0 saturated heterocycles. The van der Waals surface area contributed by atoms with Crippen molar-refractivity contribution < 1.29 is 0 Å². The van der Waals surface area contributed by atoms with Gasteiger partial charge in [0.15, 0.2) is 0 Å². The van der Waals surface area contributed by atoms with Gasteiger partial charge in [-0.3, -0.25) is 4.90 Å². The first kappa shape index (κ1) is 13.9. The molecule has 0 aliphatic carbocycles. The van der Waals surface area contributed by atoms with Crippen LogP contribution in [0.15, 0.2) is 15.9 Å². The van der Waals surface area contributed by atoms with Crippen LogP contribution < -0.4 is 5.32 Å². The van der Waals surface area contributed by atoms with Crippen LogP contribution in [0.5, 0.6) is 0 Å². The highest BCUT2D eigenvalue weighted by Gasteiger charge is 2.10. The van der Waals surface area contributed by atoms with E-state index in [0.717, 1.165) is 34.8 Å². The molecular formula is C11H15BrN4S2. The van der Waals surface area contributed by atoms with Crippen molar-refractivity contribution in [3.8, 4) is 0 Å². The SMILES string of the molecule is CCNc1snnc1CN(C)Cc1cc(Br)cs1. The quantitative estimate of drug-likeness (QED) is 0.869. The molecule has 18 heavy (non-hydrogen) atoms. The predicted molar refractivity (Wildman–Crippen MR) is 81.3 cm³/mol. The summed E-state index contributed by atoms with van der Waals surface area (Å²) in [6, 6.07) is 2.16. The van der Waals surface area contributed by atoms with Crippen molar-refractivity contribution in [3.63, 3.8) is 0 Å². The normalized spacial score (nSPS) is 11.1. The fourth-order valence-corrected chi connectivity index (χ4v) is 3.79. The van der Waals surface area contributed by atoms with Gasteiger partial charge in [-0.15, -0.1) is 16.4 Å². The van der Waals surface area contributed by atoms with Crippen molar-refractivity contribution in [2.24, 2.45) is 0 Å². The number of nitrogens with one attached hydrogen (secondary N) is 1. The maximum atomic E-state index is 4.18. The van der Waals surface area contributed by atoms with E-state index in [1.54, 1.807) is 11.3 Å². The molecule has 0 fully saturated rings. The van der Waals surface area contributed by atoms with Gasteiger partial charge in [0.2, 0.25) is 0 Å². The van der Waals surface area contributed by atoms with Crippen molar-refractivity contribution in [1.29, 1.82) is 0 Å². The molecule has 4 nitrogen and oxygen atoms in total. The fourth-order valence-electron chi connectivity index (χ4n) is 1.62. The molecule has 0 bridgehead atoms. The molecule has 7 heteroatoms. The van der Waals surface area contributed by atoms with Gasteiger partial charge in [-0.2, -0.15) is 0 Å². The highest BCUT2D eigenvalue weighted by Crippen LogP contribution is 2.23. The van der Waals surface area contributed by atoms with Crippen molar-refractivity contribution >= 4 is 43.8 Å². The van der Waals surface area contributed by atoms with E-state index >= 15 is 0 Å². The first-order chi connectivity index (χ1) is 8.69. The minimum absolute atomic E-state index is 0.814. The topological polar surface area (TPSA) is 41.1 Å². The molecule has 0 radical (unpaired) electrons. The molecule has 2 aromatic rings. The zero-order chi connectivity index (χ0) is 13.0. The summed E-state index contributed by atoms with van der Waals surface area (Å²) in [5, 5.41) is 10.7. The fraction of sp³-hybridized carbons (Fsp3) is 0.455. The lowest BCUT2D eigenvalue weighted by Crippen LogP contribution is -2.17. The van der Waals surface area contributed by atoms with Crippen LogP contribution in [-0.2, 0) is 13.1 Å². The van der Waals surface area contributed by atoms with Gasteiger partial charge in [0, 0.05) is 45.9 Å². The van der Waals surface area contributed by atoms with E-state index in [9.17, 15) is 0 Å². The molecule has 2 heterocycles. The molecule has 0 spiro atoms. The van der Waals surface area contributed by atoms with E-state index in [1.165, 1.54) is 16.4 Å². The third kappa shape index (κ3) is 3.74. The van der Waals surface area contributed by atoms with Gasteiger partial charge in [-0.1, -0.05) is 4.49 Å². The molecule has 0 aromatic carbocycles. The summed E-state index contributed by atoms with van der Waals surface area (Å²) in [5.41, 5.74) is 1.03. The number of thiophene rings is 1. The maximum absolute atomic E-state index is 4.18. The Morgan fingerprint density at radius 1 is 1.44 bits per heavy atom. The van der Waals surface area contributed by atoms with Crippen LogP contribution in [0.4, 0.5) is 5.00 Å². The number of nitrogens with zero attached hydrogens (tertiary/aromatic N) is 3. The Morgan fingerprint density at radius 3 is 2.94 bits per heavy atom. The molecule has 0 atom stereocenters. The summed E-state index contributed by atoms with van der Waals surface area (Å²) >= 11 is 6.67. The lowest BCUT2D eigenvalue weighted by atomic mass is 10.3. The number of aromatic nitrogens is 2. The highest BCUT2D eigenvalue weighted by molar-refractivity contribution is 9.10. The second kappa shape index (κ2) is 6.60. The molecular weight excluding hydrogens is 332 g/mol. The van der Waals surface area contributed by atoms with Gasteiger partial charge in [0.25, 0.3) is 0 Å². The van der Waals surface area contributed by atoms with Crippen LogP contribution in [0.1, 0.15) is 17.5 Å². The average molecular weight is 347 g/mol. The minimum Gasteiger partial charge on any atom is -0.374 e. The summed E-state index contributed by atoms with van der Waals surface area (Å²) in [4.78, 5) is 3.59. The molecule has 2 aromatic heterocycles. The van der Waals surface area contributed by atoms with Crippen molar-refractivity contribution in [1.82, 2.24) is 14.5 Å². The molecule has 1 N–H and O–H groups in total. The van der Waals surface area contributed by atoms with Crippen molar-refractivity contribution in [3.05, 3.63) is 26.5 Å². The Balaban J connectivity index is 1.94. The van der Waals surface area contributed by atoms with Gasteiger partial charge in [-0.05, 0) is 36.0 Å². The van der Waals surface area contributed by atoms with Gasteiger partial charge in [-0.25, -0.2) is 0 Å². The Hall–Kier alpha value is -0.500. The zero-order valence-electron chi connectivity index (χ0n) is 10.3. The average Bonchev–Trinajstić information content (AvgIpc) is 2.90. The van der Waals surface area contributed by atoms with E-state index < -0.39 is 0 Å². The van der Waals surface area contributed by atoms with Crippen LogP contribution in [0, 0.1) is 0 Å². The Labute approximate surface area is 123 Å². The third-order valence-electron chi connectivity index (χ3n) is 2.36. The summed E-state index contributed by atoms with van der Waals surface area (Å²) in [7, 11) is 2.10. The Kier molecular flexibility index (Phi) is 5.11. The zero-order valence-corrected chi connectivity index (χ0v) is 13.5. The standard InChI is InChI=1S/C11H15BrN4S2/c1-3-13-11-10(14-15-18-11)6-16(2)5-9-4-8(12)7-17-9/h4,7,13H,3,5-6H2,1-2H3. The van der Waals surface area contributed by atoms with E-state index in [2.05, 4.69) is 61.2 Å². The second-order valence-corrected chi connectivity index (χ2v) is 6.65. The first-order valence-electron chi connectivity index (χ1n) is 5.65. The smallest absolute Gasteiger partial charge is 0.134 e. The Bertz CT molecular complexity index is 497. The largest absolute Gasteiger partial charge is 0.374 e. The van der Waals surface area contributed by atoms with Crippen molar-refractivity contribution in [2.45, 2.75) is 20.0 Å². The number of rotatable bonds is 6. The molecule has 0 saturated carbocycles. The lowest BCUT2D eigenvalue weighted by molar-refractivity contribution is 0.318. The molecule has 2 rings (SSSR count). The van der Waals surface area contributed by atoms with Crippen LogP contribution in [0.25, 0.3) is 0 Å². The summed E-state index contributed by atoms with van der Waals surface area (Å²) in [6.45, 7) is 4.72. The molecule has 0 amide bonds. The molecule has 0 unspecified atom stereocenters. The van der Waals surface area contributed by atoms with E-state index in [-0.39, 0.29) is 0 Å². The van der Waals surface area contributed by atoms with Gasteiger partial charge in [0.1, 0.15) is 10.7 Å². The maximum Gasteiger partial charge on any atom is 0.134 e. The number of hydrogen-bond acceptors (Lipinski definition) is 6. The predicted octanol–water partition coefficient (Wildman–Crippen LogP) is 3.43. The van der Waals surface area contributed by atoms with Gasteiger partial charge >= 0.3 is 0 Å². The summed E-state index contributed by atoms with van der Waals surface area (Å²) in [6.07, 6.45) is 0. The van der Waals surface area contributed by atoms with Crippen LogP contribution >= 0.6 is 38.8 Å². The minimum atomic E-state index is 0.814. The van der Waals surface area contributed by atoms with Crippen LogP contribution in [0.2, 0.25) is 0 Å². The van der Waals surface area contributed by atoms with Gasteiger partial charge < -0.3 is 5.32 Å². The van der Waals surface area contributed by atoms with Crippen LogP contribution in [0.3, 0.4) is 0 Å². The van der Waals surface area contributed by atoms with Crippen molar-refractivity contribution in [2.75, 3.05) is 18.9 Å². The van der Waals surface area contributed by atoms with E-state index in [1.807, 2.05) is 0 Å². The monoisotopic (exact) mass is 346 g/mol. The van der Waals surface area contributed by atoms with Crippen LogP contribution in [-0.4, -0.2) is 28.1 Å². The number of halogens is 1. The third-order valence-corrected chi connectivity index (χ3v) is 4.77. The Morgan fingerprint density at radius 2 is 2.28 bits per heavy atom. The van der Waals surface area contributed by atoms with E-state index in [0.29, 0.717) is 0 Å². The number of anilines is 1. The van der Waals surface area contributed by atoms with E-state index in [4.69, 9.17) is 0 Å².